The van der Waals surface area contributed by atoms with Gasteiger partial charge in [-0.25, -0.2) is 0 Å². The molecule has 24 heavy (non-hydrogen) atoms. The molecule has 0 spiro atoms. The van der Waals surface area contributed by atoms with Crippen molar-refractivity contribution in [2.24, 2.45) is 0 Å². The number of carbonyl (C=O) groups excluding carboxylic acids is 1. The molecule has 1 fully saturated rings. The number of aromatic nitrogens is 2. The van der Waals surface area contributed by atoms with E-state index in [2.05, 4.69) is 12.1 Å². The van der Waals surface area contributed by atoms with Gasteiger partial charge in [-0.05, 0) is 12.1 Å². The summed E-state index contributed by atoms with van der Waals surface area (Å²) in [6, 6.07) is 10.4. The molecule has 1 saturated heterocycles. The van der Waals surface area contributed by atoms with Crippen molar-refractivity contribution in [1.29, 1.82) is 0 Å². The lowest BCUT2D eigenvalue weighted by Crippen LogP contribution is -3.12. The zero-order valence-electron chi connectivity index (χ0n) is 13.9. The van der Waals surface area contributed by atoms with Crippen molar-refractivity contribution in [1.82, 2.24) is 14.7 Å². The molecule has 1 aromatic heterocycles. The van der Waals surface area contributed by atoms with Crippen LogP contribution in [-0.4, -0.2) is 60.9 Å². The predicted octanol–water partition coefficient (Wildman–Crippen LogP) is -0.788. The second-order valence-corrected chi connectivity index (χ2v) is 5.90. The third-order valence-corrected chi connectivity index (χ3v) is 4.22. The van der Waals surface area contributed by atoms with Crippen molar-refractivity contribution in [3.8, 4) is 11.4 Å². The molecule has 1 aromatic carbocycles. The Bertz CT molecular complexity index is 780. The Labute approximate surface area is 140 Å². The molecule has 126 valence electrons. The number of piperazine rings is 1. The summed E-state index contributed by atoms with van der Waals surface area (Å²) < 4.78 is 6.45. The van der Waals surface area contributed by atoms with Crippen LogP contribution >= 0.6 is 0 Å². The Hall–Kier alpha value is -2.67. The second kappa shape index (κ2) is 6.84. The van der Waals surface area contributed by atoms with E-state index in [-0.39, 0.29) is 22.9 Å². The van der Waals surface area contributed by atoms with Crippen molar-refractivity contribution in [3.63, 3.8) is 0 Å². The molecule has 7 nitrogen and oxygen atoms in total. The Morgan fingerprint density at radius 3 is 2.50 bits per heavy atom. The first-order valence-corrected chi connectivity index (χ1v) is 7.94. The Kier molecular flexibility index (Phi) is 4.61. The maximum Gasteiger partial charge on any atom is 0.278 e. The van der Waals surface area contributed by atoms with E-state index in [1.54, 1.807) is 17.0 Å². The molecule has 1 aliphatic heterocycles. The number of benzene rings is 1. The smallest absolute Gasteiger partial charge is 0.278 e. The second-order valence-electron chi connectivity index (χ2n) is 5.90. The lowest BCUT2D eigenvalue weighted by Gasteiger charge is -2.30. The van der Waals surface area contributed by atoms with Crippen molar-refractivity contribution >= 4 is 5.91 Å². The van der Waals surface area contributed by atoms with Crippen LogP contribution < -0.4 is 15.2 Å². The molecule has 3 rings (SSSR count). The Morgan fingerprint density at radius 2 is 1.88 bits per heavy atom. The monoisotopic (exact) mass is 329 g/mol. The zero-order valence-corrected chi connectivity index (χ0v) is 13.9. The van der Waals surface area contributed by atoms with E-state index in [1.165, 1.54) is 22.8 Å². The fraction of sp³-hybridized carbons (Fsp3) is 0.353. The average Bonchev–Trinajstić information content (AvgIpc) is 2.62. The van der Waals surface area contributed by atoms with Crippen LogP contribution in [0.4, 0.5) is 0 Å². The summed E-state index contributed by atoms with van der Waals surface area (Å²) in [5, 5.41) is 4.29. The molecule has 1 amide bonds. The van der Waals surface area contributed by atoms with Gasteiger partial charge in [0.05, 0.1) is 52.1 Å². The SMILES string of the molecule is COc1cc(=O)n(-c2ccccc2)nc1C(=O)N1CC[NH+](C)CC1. The van der Waals surface area contributed by atoms with Crippen molar-refractivity contribution in [2.45, 2.75) is 0 Å². The minimum Gasteiger partial charge on any atom is -0.494 e. The molecule has 0 bridgehead atoms. The number of hydrogen-bond acceptors (Lipinski definition) is 4. The molecular weight excluding hydrogens is 308 g/mol. The highest BCUT2D eigenvalue weighted by Gasteiger charge is 2.27. The average molecular weight is 329 g/mol. The van der Waals surface area contributed by atoms with Crippen LogP contribution in [0.25, 0.3) is 5.69 Å². The molecule has 0 radical (unpaired) electrons. The molecule has 0 atom stereocenters. The quantitative estimate of drug-likeness (QED) is 0.801. The molecular formula is C17H21N4O3+. The number of likely N-dealkylation sites (N-methyl/N-ethyl adjacent to an activating group) is 1. The molecule has 1 aliphatic rings. The van der Waals surface area contributed by atoms with Crippen molar-refractivity contribution < 1.29 is 14.4 Å². The first kappa shape index (κ1) is 16.2. The van der Waals surface area contributed by atoms with E-state index in [9.17, 15) is 9.59 Å². The van der Waals surface area contributed by atoms with Crippen LogP contribution in [0, 0.1) is 0 Å². The lowest BCUT2D eigenvalue weighted by molar-refractivity contribution is -0.883. The van der Waals surface area contributed by atoms with Gasteiger partial charge < -0.3 is 14.5 Å². The maximum atomic E-state index is 12.8. The number of quaternary nitrogens is 1. The molecule has 7 heteroatoms. The number of amides is 1. The number of hydrogen-bond donors (Lipinski definition) is 1. The fourth-order valence-electron chi connectivity index (χ4n) is 2.74. The highest BCUT2D eigenvalue weighted by molar-refractivity contribution is 5.94. The summed E-state index contributed by atoms with van der Waals surface area (Å²) in [6.07, 6.45) is 0. The van der Waals surface area contributed by atoms with Gasteiger partial charge in [0.15, 0.2) is 11.4 Å². The van der Waals surface area contributed by atoms with E-state index in [1.807, 2.05) is 18.2 Å². The standard InChI is InChI=1S/C17H20N4O3/c1-19-8-10-20(11-9-19)17(23)16-14(24-2)12-15(22)21(18-16)13-6-4-3-5-7-13/h3-7,12H,8-11H2,1-2H3/p+1. The van der Waals surface area contributed by atoms with Gasteiger partial charge in [-0.1, -0.05) is 18.2 Å². The van der Waals surface area contributed by atoms with E-state index in [4.69, 9.17) is 4.74 Å². The van der Waals surface area contributed by atoms with Crippen LogP contribution in [-0.2, 0) is 0 Å². The number of rotatable bonds is 3. The van der Waals surface area contributed by atoms with E-state index < -0.39 is 0 Å². The first-order valence-electron chi connectivity index (χ1n) is 7.94. The van der Waals surface area contributed by atoms with Crippen molar-refractivity contribution in [3.05, 3.63) is 52.4 Å². The number of ether oxygens (including phenoxy) is 1. The van der Waals surface area contributed by atoms with Gasteiger partial charge in [0.2, 0.25) is 0 Å². The first-order chi connectivity index (χ1) is 11.6. The van der Waals surface area contributed by atoms with E-state index >= 15 is 0 Å². The molecule has 1 N–H and O–H groups in total. The van der Waals surface area contributed by atoms with E-state index in [0.717, 1.165) is 13.1 Å². The zero-order chi connectivity index (χ0) is 17.1. The molecule has 2 aromatic rings. The Balaban J connectivity index is 2.00. The predicted molar refractivity (Wildman–Crippen MR) is 88.9 cm³/mol. The van der Waals surface area contributed by atoms with Gasteiger partial charge in [-0.2, -0.15) is 9.78 Å². The molecule has 0 unspecified atom stereocenters. The fourth-order valence-corrected chi connectivity index (χ4v) is 2.74. The highest BCUT2D eigenvalue weighted by atomic mass is 16.5. The van der Waals surface area contributed by atoms with Crippen LogP contribution in [0.5, 0.6) is 5.75 Å². The third-order valence-electron chi connectivity index (χ3n) is 4.22. The van der Waals surface area contributed by atoms with Gasteiger partial charge >= 0.3 is 0 Å². The summed E-state index contributed by atoms with van der Waals surface area (Å²) in [5.74, 6) is 0.00693. The number of nitrogens with one attached hydrogen (secondary N) is 1. The third kappa shape index (κ3) is 3.16. The maximum absolute atomic E-state index is 12.8. The molecule has 0 aliphatic carbocycles. The minimum absolute atomic E-state index is 0.167. The van der Waals surface area contributed by atoms with Gasteiger partial charge in [-0.3, -0.25) is 9.59 Å². The van der Waals surface area contributed by atoms with Gasteiger partial charge in [-0.15, -0.1) is 0 Å². The number of carbonyl (C=O) groups is 1. The van der Waals surface area contributed by atoms with Crippen LogP contribution in [0.15, 0.2) is 41.2 Å². The molecule has 0 saturated carbocycles. The normalized spacial score (nSPS) is 15.3. The number of methoxy groups -OCH3 is 1. The summed E-state index contributed by atoms with van der Waals surface area (Å²) in [7, 11) is 3.55. The number of nitrogens with zero attached hydrogens (tertiary/aromatic N) is 3. The van der Waals surface area contributed by atoms with Crippen LogP contribution in [0.2, 0.25) is 0 Å². The largest absolute Gasteiger partial charge is 0.494 e. The Morgan fingerprint density at radius 1 is 1.21 bits per heavy atom. The highest BCUT2D eigenvalue weighted by Crippen LogP contribution is 2.16. The van der Waals surface area contributed by atoms with Gasteiger partial charge in [0, 0.05) is 0 Å². The van der Waals surface area contributed by atoms with Crippen LogP contribution in [0.1, 0.15) is 10.5 Å². The number of para-hydroxylation sites is 1. The summed E-state index contributed by atoms with van der Waals surface area (Å²) in [6.45, 7) is 3.12. The molecule has 2 heterocycles. The summed E-state index contributed by atoms with van der Waals surface area (Å²) in [4.78, 5) is 28.3. The minimum atomic E-state index is -0.336. The summed E-state index contributed by atoms with van der Waals surface area (Å²) in [5.41, 5.74) is 0.444. The topological polar surface area (TPSA) is 68.9 Å². The van der Waals surface area contributed by atoms with E-state index in [0.29, 0.717) is 18.8 Å². The lowest BCUT2D eigenvalue weighted by atomic mass is 10.2. The van der Waals surface area contributed by atoms with Crippen molar-refractivity contribution in [2.75, 3.05) is 40.3 Å². The summed E-state index contributed by atoms with van der Waals surface area (Å²) >= 11 is 0. The van der Waals surface area contributed by atoms with Gasteiger partial charge in [0.25, 0.3) is 11.5 Å². The van der Waals surface area contributed by atoms with Gasteiger partial charge in [0.1, 0.15) is 0 Å². The van der Waals surface area contributed by atoms with Crippen LogP contribution in [0.3, 0.4) is 0 Å².